The molecule has 5 heteroatoms. The molecule has 1 aliphatic heterocycles. The van der Waals surface area contributed by atoms with Crippen LogP contribution in [0.15, 0.2) is 0 Å². The van der Waals surface area contributed by atoms with E-state index in [9.17, 15) is 9.59 Å². The summed E-state index contributed by atoms with van der Waals surface area (Å²) in [6.45, 7) is 10.4. The molecule has 2 amide bonds. The summed E-state index contributed by atoms with van der Waals surface area (Å²) < 4.78 is 0. The van der Waals surface area contributed by atoms with Gasteiger partial charge < -0.3 is 10.2 Å². The Hall–Kier alpha value is -1.10. The van der Waals surface area contributed by atoms with Gasteiger partial charge in [-0.1, -0.05) is 12.8 Å². The Morgan fingerprint density at radius 1 is 1.22 bits per heavy atom. The van der Waals surface area contributed by atoms with E-state index in [4.69, 9.17) is 0 Å². The number of nitrogens with zero attached hydrogens (tertiary/aromatic N) is 2. The van der Waals surface area contributed by atoms with Gasteiger partial charge >= 0.3 is 0 Å². The van der Waals surface area contributed by atoms with Crippen molar-refractivity contribution in [3.63, 3.8) is 0 Å². The van der Waals surface area contributed by atoms with Gasteiger partial charge in [-0.2, -0.15) is 0 Å². The van der Waals surface area contributed by atoms with Crippen molar-refractivity contribution < 1.29 is 9.59 Å². The van der Waals surface area contributed by atoms with Crippen LogP contribution in [-0.4, -0.2) is 59.4 Å². The fraction of sp³-hybridized carbons (Fsp3) is 0.889. The second-order valence-corrected chi connectivity index (χ2v) is 7.61. The molecule has 132 valence electrons. The van der Waals surface area contributed by atoms with Crippen LogP contribution in [0.2, 0.25) is 0 Å². The lowest BCUT2D eigenvalue weighted by Gasteiger charge is -2.32. The number of hydrogen-bond acceptors (Lipinski definition) is 3. The zero-order valence-corrected chi connectivity index (χ0v) is 15.2. The molecule has 23 heavy (non-hydrogen) atoms. The Kier molecular flexibility index (Phi) is 6.45. The van der Waals surface area contributed by atoms with Crippen LogP contribution in [0, 0.1) is 5.92 Å². The number of nitrogens with one attached hydrogen (secondary N) is 1. The molecule has 0 aromatic rings. The average Bonchev–Trinajstić information content (AvgIpc) is 2.79. The van der Waals surface area contributed by atoms with Crippen molar-refractivity contribution in [1.82, 2.24) is 15.1 Å². The van der Waals surface area contributed by atoms with Gasteiger partial charge in [0.2, 0.25) is 11.8 Å². The zero-order valence-electron chi connectivity index (χ0n) is 15.2. The maximum atomic E-state index is 12.2. The number of hydrogen-bond donors (Lipinski definition) is 1. The predicted octanol–water partition coefficient (Wildman–Crippen LogP) is 2.01. The van der Waals surface area contributed by atoms with Gasteiger partial charge in [0.25, 0.3) is 0 Å². The maximum absolute atomic E-state index is 12.2. The van der Waals surface area contributed by atoms with Gasteiger partial charge in [-0.3, -0.25) is 14.5 Å². The van der Waals surface area contributed by atoms with Crippen molar-refractivity contribution in [1.29, 1.82) is 0 Å². The van der Waals surface area contributed by atoms with E-state index in [2.05, 4.69) is 37.9 Å². The summed E-state index contributed by atoms with van der Waals surface area (Å²) in [4.78, 5) is 28.6. The minimum Gasteiger partial charge on any atom is -0.353 e. The molecule has 0 spiro atoms. The van der Waals surface area contributed by atoms with Crippen LogP contribution in [0.5, 0.6) is 0 Å². The second-order valence-electron chi connectivity index (χ2n) is 7.61. The quantitative estimate of drug-likeness (QED) is 0.780. The molecule has 1 saturated carbocycles. The lowest BCUT2D eigenvalue weighted by atomic mass is 9.85. The molecule has 0 bridgehead atoms. The Morgan fingerprint density at radius 2 is 1.87 bits per heavy atom. The standard InChI is InChI=1S/C18H33N3O2/c1-13(2)20(14(3)4)10-9-19-17(22)12-21-16-8-6-5-7-15(16)11-18(21)23/h13-16H,5-12H2,1-4H3,(H,19,22)/t15-,16+/m1/s1. The van der Waals surface area contributed by atoms with E-state index >= 15 is 0 Å². The largest absolute Gasteiger partial charge is 0.353 e. The minimum absolute atomic E-state index is 0.0166. The predicted molar refractivity (Wildman–Crippen MR) is 92.1 cm³/mol. The Bertz CT molecular complexity index is 414. The number of likely N-dealkylation sites (tertiary alicyclic amines) is 1. The minimum atomic E-state index is -0.0166. The molecule has 1 N–H and O–H groups in total. The molecular formula is C18H33N3O2. The lowest BCUT2D eigenvalue weighted by molar-refractivity contribution is -0.134. The number of rotatable bonds is 7. The van der Waals surface area contributed by atoms with Gasteiger partial charge in [0, 0.05) is 37.6 Å². The molecule has 2 fully saturated rings. The van der Waals surface area contributed by atoms with Crippen molar-refractivity contribution in [2.75, 3.05) is 19.6 Å². The van der Waals surface area contributed by atoms with E-state index < -0.39 is 0 Å². The smallest absolute Gasteiger partial charge is 0.239 e. The molecule has 0 aromatic heterocycles. The number of carbonyl (C=O) groups excluding carboxylic acids is 2. The van der Waals surface area contributed by atoms with Crippen molar-refractivity contribution in [3.05, 3.63) is 0 Å². The number of amides is 2. The van der Waals surface area contributed by atoms with E-state index in [1.54, 1.807) is 0 Å². The average molecular weight is 323 g/mol. The molecule has 2 aliphatic rings. The molecule has 1 aliphatic carbocycles. The lowest BCUT2D eigenvalue weighted by Crippen LogP contribution is -2.46. The van der Waals surface area contributed by atoms with E-state index in [-0.39, 0.29) is 18.4 Å². The van der Waals surface area contributed by atoms with E-state index in [0.717, 1.165) is 19.4 Å². The van der Waals surface area contributed by atoms with Crippen LogP contribution in [-0.2, 0) is 9.59 Å². The van der Waals surface area contributed by atoms with Crippen molar-refractivity contribution in [3.8, 4) is 0 Å². The zero-order chi connectivity index (χ0) is 17.0. The molecular weight excluding hydrogens is 290 g/mol. The normalized spacial score (nSPS) is 24.7. The summed E-state index contributed by atoms with van der Waals surface area (Å²) in [5, 5.41) is 2.99. The van der Waals surface area contributed by atoms with Crippen molar-refractivity contribution in [2.45, 2.75) is 77.9 Å². The fourth-order valence-corrected chi connectivity index (χ4v) is 4.22. The maximum Gasteiger partial charge on any atom is 0.239 e. The highest BCUT2D eigenvalue weighted by Gasteiger charge is 2.41. The monoisotopic (exact) mass is 323 g/mol. The third-order valence-corrected chi connectivity index (χ3v) is 5.36. The second kappa shape index (κ2) is 8.13. The molecule has 1 heterocycles. The summed E-state index contributed by atoms with van der Waals surface area (Å²) in [5.74, 6) is 0.640. The molecule has 0 radical (unpaired) electrons. The van der Waals surface area contributed by atoms with Crippen LogP contribution in [0.25, 0.3) is 0 Å². The molecule has 0 aromatic carbocycles. The number of fused-ring (bicyclic) bond motifs is 1. The first-order valence-corrected chi connectivity index (χ1v) is 9.22. The van der Waals surface area contributed by atoms with E-state index in [0.29, 0.717) is 37.0 Å². The Morgan fingerprint density at radius 3 is 2.52 bits per heavy atom. The van der Waals surface area contributed by atoms with Gasteiger partial charge in [0.15, 0.2) is 0 Å². The molecule has 2 rings (SSSR count). The van der Waals surface area contributed by atoms with Gasteiger partial charge in [0.1, 0.15) is 0 Å². The van der Waals surface area contributed by atoms with Gasteiger partial charge in [-0.15, -0.1) is 0 Å². The molecule has 5 nitrogen and oxygen atoms in total. The molecule has 1 saturated heterocycles. The third kappa shape index (κ3) is 4.69. The van der Waals surface area contributed by atoms with E-state index in [1.165, 1.54) is 12.8 Å². The van der Waals surface area contributed by atoms with Gasteiger partial charge in [-0.05, 0) is 46.5 Å². The first-order valence-electron chi connectivity index (χ1n) is 9.22. The Balaban J connectivity index is 1.77. The van der Waals surface area contributed by atoms with Gasteiger partial charge in [-0.25, -0.2) is 0 Å². The Labute approximate surface area is 140 Å². The fourth-order valence-electron chi connectivity index (χ4n) is 4.22. The van der Waals surface area contributed by atoms with Crippen LogP contribution >= 0.6 is 0 Å². The summed E-state index contributed by atoms with van der Waals surface area (Å²) in [7, 11) is 0. The first-order chi connectivity index (χ1) is 10.9. The summed E-state index contributed by atoms with van der Waals surface area (Å²) >= 11 is 0. The van der Waals surface area contributed by atoms with Crippen LogP contribution in [0.3, 0.4) is 0 Å². The van der Waals surface area contributed by atoms with E-state index in [1.807, 2.05) is 4.90 Å². The van der Waals surface area contributed by atoms with Crippen LogP contribution in [0.4, 0.5) is 0 Å². The topological polar surface area (TPSA) is 52.7 Å². The first kappa shape index (κ1) is 18.2. The molecule has 2 atom stereocenters. The summed E-state index contributed by atoms with van der Waals surface area (Å²) in [5.41, 5.74) is 0. The highest BCUT2D eigenvalue weighted by atomic mass is 16.2. The third-order valence-electron chi connectivity index (χ3n) is 5.36. The highest BCUT2D eigenvalue weighted by molar-refractivity contribution is 5.86. The summed E-state index contributed by atoms with van der Waals surface area (Å²) in [6.07, 6.45) is 5.27. The molecule has 0 unspecified atom stereocenters. The van der Waals surface area contributed by atoms with Crippen molar-refractivity contribution >= 4 is 11.8 Å². The van der Waals surface area contributed by atoms with Gasteiger partial charge in [0.05, 0.1) is 6.54 Å². The highest BCUT2D eigenvalue weighted by Crippen LogP contribution is 2.36. The summed E-state index contributed by atoms with van der Waals surface area (Å²) in [6, 6.07) is 1.25. The van der Waals surface area contributed by atoms with Crippen LogP contribution < -0.4 is 5.32 Å². The number of carbonyl (C=O) groups is 2. The SMILES string of the molecule is CC(C)N(CCNC(=O)CN1C(=O)C[C@H]2CCCC[C@@H]21)C(C)C. The van der Waals surface area contributed by atoms with Crippen LogP contribution in [0.1, 0.15) is 59.8 Å². The van der Waals surface area contributed by atoms with Crippen molar-refractivity contribution in [2.24, 2.45) is 5.92 Å².